The lowest BCUT2D eigenvalue weighted by molar-refractivity contribution is 0.330. The predicted molar refractivity (Wildman–Crippen MR) is 68.9 cm³/mol. The molecule has 86 valence electrons. The molecule has 1 saturated carbocycles. The molecular formula is C15H26. The number of hydrogen-bond acceptors (Lipinski definition) is 0. The molecule has 0 aliphatic heterocycles. The second-order valence-electron chi connectivity index (χ2n) is 5.49. The zero-order chi connectivity index (χ0) is 11.4. The highest BCUT2D eigenvalue weighted by Gasteiger charge is 2.16. The van der Waals surface area contributed by atoms with Gasteiger partial charge in [-0.3, -0.25) is 0 Å². The van der Waals surface area contributed by atoms with Crippen LogP contribution < -0.4 is 0 Å². The van der Waals surface area contributed by atoms with Crippen molar-refractivity contribution < 1.29 is 0 Å². The van der Waals surface area contributed by atoms with Crippen LogP contribution in [0.4, 0.5) is 0 Å². The largest absolute Gasteiger partial charge is 0.0782 e. The van der Waals surface area contributed by atoms with Crippen molar-refractivity contribution in [2.45, 2.75) is 60.3 Å². The minimum absolute atomic E-state index is 0.843. The molecule has 0 N–H and O–H groups in total. The Labute approximate surface area is 95.5 Å². The molecule has 1 fully saturated rings. The van der Waals surface area contributed by atoms with Crippen molar-refractivity contribution in [3.8, 4) is 0 Å². The highest BCUT2D eigenvalue weighted by atomic mass is 14.2. The van der Waals surface area contributed by atoms with Crippen molar-refractivity contribution in [2.75, 3.05) is 0 Å². The Morgan fingerprint density at radius 3 is 1.93 bits per heavy atom. The van der Waals surface area contributed by atoms with E-state index >= 15 is 0 Å². The molecule has 0 heteroatoms. The molecule has 0 amide bonds. The van der Waals surface area contributed by atoms with Crippen LogP contribution in [0.5, 0.6) is 0 Å². The average molecular weight is 206 g/mol. The smallest absolute Gasteiger partial charge is 0.0228 e. The van der Waals surface area contributed by atoms with E-state index in [0.717, 1.165) is 11.8 Å². The second kappa shape index (κ2) is 5.53. The third-order valence-electron chi connectivity index (χ3n) is 3.89. The first-order valence-electron chi connectivity index (χ1n) is 6.33. The molecule has 0 saturated heterocycles. The molecule has 0 radical (unpaired) electrons. The fourth-order valence-corrected chi connectivity index (χ4v) is 2.33. The van der Waals surface area contributed by atoms with Gasteiger partial charge in [-0.15, -0.1) is 0 Å². The molecule has 0 spiro atoms. The Morgan fingerprint density at radius 2 is 1.47 bits per heavy atom. The first kappa shape index (κ1) is 12.5. The molecule has 0 aromatic heterocycles. The van der Waals surface area contributed by atoms with Crippen molar-refractivity contribution in [3.05, 3.63) is 22.8 Å². The lowest BCUT2D eigenvalue weighted by Gasteiger charge is -2.24. The van der Waals surface area contributed by atoms with Gasteiger partial charge in [0.05, 0.1) is 0 Å². The fourth-order valence-electron chi connectivity index (χ4n) is 2.33. The molecule has 1 aliphatic carbocycles. The molecule has 1 aliphatic rings. The summed E-state index contributed by atoms with van der Waals surface area (Å²) in [4.78, 5) is 0. The third kappa shape index (κ3) is 3.85. The minimum atomic E-state index is 0.843. The molecule has 1 rings (SSSR count). The van der Waals surface area contributed by atoms with E-state index in [1.807, 2.05) is 0 Å². The van der Waals surface area contributed by atoms with E-state index in [1.165, 1.54) is 42.4 Å². The Hall–Kier alpha value is -0.520. The molecule has 0 aromatic carbocycles. The first-order chi connectivity index (χ1) is 7.00. The van der Waals surface area contributed by atoms with E-state index in [0.29, 0.717) is 0 Å². The van der Waals surface area contributed by atoms with E-state index in [9.17, 15) is 0 Å². The third-order valence-corrected chi connectivity index (χ3v) is 3.89. The van der Waals surface area contributed by atoms with Crippen LogP contribution in [0.1, 0.15) is 60.3 Å². The number of allylic oxidation sites excluding steroid dienone is 4. The zero-order valence-corrected chi connectivity index (χ0v) is 11.1. The second-order valence-corrected chi connectivity index (χ2v) is 5.49. The standard InChI is InChI=1S/C15H26/c1-11(2)14(5)13(4)10-15-8-6-12(3)7-9-15/h10,12,15H,6-9H2,1-5H3. The molecular weight excluding hydrogens is 180 g/mol. The summed E-state index contributed by atoms with van der Waals surface area (Å²) in [5.41, 5.74) is 4.43. The van der Waals surface area contributed by atoms with Crippen molar-refractivity contribution in [3.63, 3.8) is 0 Å². The van der Waals surface area contributed by atoms with Crippen molar-refractivity contribution in [2.24, 2.45) is 11.8 Å². The fraction of sp³-hybridized carbons (Fsp3) is 0.733. The van der Waals surface area contributed by atoms with Gasteiger partial charge in [0.1, 0.15) is 0 Å². The van der Waals surface area contributed by atoms with Gasteiger partial charge < -0.3 is 0 Å². The van der Waals surface area contributed by atoms with Gasteiger partial charge in [0.25, 0.3) is 0 Å². The Kier molecular flexibility index (Phi) is 4.63. The van der Waals surface area contributed by atoms with E-state index in [2.05, 4.69) is 40.7 Å². The van der Waals surface area contributed by atoms with E-state index in [1.54, 1.807) is 0 Å². The van der Waals surface area contributed by atoms with Crippen molar-refractivity contribution in [1.82, 2.24) is 0 Å². The van der Waals surface area contributed by atoms with Gasteiger partial charge in [-0.2, -0.15) is 0 Å². The molecule has 0 heterocycles. The molecule has 15 heavy (non-hydrogen) atoms. The summed E-state index contributed by atoms with van der Waals surface area (Å²) < 4.78 is 0. The van der Waals surface area contributed by atoms with Crippen molar-refractivity contribution in [1.29, 1.82) is 0 Å². The van der Waals surface area contributed by atoms with E-state index < -0.39 is 0 Å². The Balaban J connectivity index is 2.60. The highest BCUT2D eigenvalue weighted by molar-refractivity contribution is 5.30. The van der Waals surface area contributed by atoms with Crippen LogP contribution in [0.3, 0.4) is 0 Å². The van der Waals surface area contributed by atoms with Gasteiger partial charge >= 0.3 is 0 Å². The first-order valence-corrected chi connectivity index (χ1v) is 6.33. The monoisotopic (exact) mass is 206 g/mol. The van der Waals surface area contributed by atoms with Crippen LogP contribution >= 0.6 is 0 Å². The van der Waals surface area contributed by atoms with Crippen LogP contribution in [0, 0.1) is 11.8 Å². The van der Waals surface area contributed by atoms with Gasteiger partial charge in [-0.1, -0.05) is 37.0 Å². The maximum Gasteiger partial charge on any atom is -0.0228 e. The topological polar surface area (TPSA) is 0 Å². The maximum absolute atomic E-state index is 2.51. The Morgan fingerprint density at radius 1 is 0.933 bits per heavy atom. The minimum Gasteiger partial charge on any atom is -0.0782 e. The summed E-state index contributed by atoms with van der Waals surface area (Å²) in [6.45, 7) is 11.3. The van der Waals surface area contributed by atoms with Crippen LogP contribution in [-0.2, 0) is 0 Å². The summed E-state index contributed by atoms with van der Waals surface area (Å²) in [6, 6.07) is 0. The summed E-state index contributed by atoms with van der Waals surface area (Å²) >= 11 is 0. The molecule has 0 atom stereocenters. The van der Waals surface area contributed by atoms with Gasteiger partial charge in [0.15, 0.2) is 0 Å². The SMILES string of the molecule is CC(=CC1CCC(C)CC1)C(C)=C(C)C. The van der Waals surface area contributed by atoms with Gasteiger partial charge in [-0.05, 0) is 57.9 Å². The molecule has 0 aromatic rings. The highest BCUT2D eigenvalue weighted by Crippen LogP contribution is 2.30. The Bertz CT molecular complexity index is 256. The van der Waals surface area contributed by atoms with Crippen LogP contribution in [0.15, 0.2) is 22.8 Å². The number of rotatable bonds is 2. The normalized spacial score (nSPS) is 27.7. The van der Waals surface area contributed by atoms with Crippen LogP contribution in [0.25, 0.3) is 0 Å². The number of hydrogen-bond donors (Lipinski definition) is 0. The molecule has 0 unspecified atom stereocenters. The summed E-state index contributed by atoms with van der Waals surface area (Å²) in [6.07, 6.45) is 8.14. The summed E-state index contributed by atoms with van der Waals surface area (Å²) in [5, 5.41) is 0. The van der Waals surface area contributed by atoms with E-state index in [-0.39, 0.29) is 0 Å². The predicted octanol–water partition coefficient (Wildman–Crippen LogP) is 5.12. The lowest BCUT2D eigenvalue weighted by atomic mass is 9.82. The quantitative estimate of drug-likeness (QED) is 0.550. The van der Waals surface area contributed by atoms with Gasteiger partial charge in [0.2, 0.25) is 0 Å². The average Bonchev–Trinajstić information content (AvgIpc) is 2.20. The zero-order valence-electron chi connectivity index (χ0n) is 11.1. The lowest BCUT2D eigenvalue weighted by Crippen LogP contribution is -2.10. The van der Waals surface area contributed by atoms with Gasteiger partial charge in [0, 0.05) is 0 Å². The van der Waals surface area contributed by atoms with Crippen molar-refractivity contribution >= 4 is 0 Å². The van der Waals surface area contributed by atoms with Crippen LogP contribution in [-0.4, -0.2) is 0 Å². The summed E-state index contributed by atoms with van der Waals surface area (Å²) in [7, 11) is 0. The molecule has 0 bridgehead atoms. The summed E-state index contributed by atoms with van der Waals surface area (Å²) in [5.74, 6) is 1.80. The molecule has 0 nitrogen and oxygen atoms in total. The van der Waals surface area contributed by atoms with Crippen LogP contribution in [0.2, 0.25) is 0 Å². The maximum atomic E-state index is 2.51. The van der Waals surface area contributed by atoms with E-state index in [4.69, 9.17) is 0 Å². The van der Waals surface area contributed by atoms with Gasteiger partial charge in [-0.25, -0.2) is 0 Å².